The van der Waals surface area contributed by atoms with Crippen molar-refractivity contribution in [3.63, 3.8) is 0 Å². The van der Waals surface area contributed by atoms with Crippen molar-refractivity contribution in [1.82, 2.24) is 5.32 Å². The van der Waals surface area contributed by atoms with Gasteiger partial charge in [-0.2, -0.15) is 0 Å². The molecular weight excluding hydrogens is 158 g/mol. The van der Waals surface area contributed by atoms with Gasteiger partial charge in [0.25, 0.3) is 0 Å². The van der Waals surface area contributed by atoms with Crippen LogP contribution in [0.15, 0.2) is 12.2 Å². The fourth-order valence-corrected chi connectivity index (χ4v) is 1.88. The minimum Gasteiger partial charge on any atom is -0.310 e. The first-order valence-electron chi connectivity index (χ1n) is 5.62. The summed E-state index contributed by atoms with van der Waals surface area (Å²) in [4.78, 5) is 0. The van der Waals surface area contributed by atoms with Crippen LogP contribution in [0.1, 0.15) is 46.0 Å². The molecule has 1 fully saturated rings. The van der Waals surface area contributed by atoms with E-state index in [0.29, 0.717) is 0 Å². The summed E-state index contributed by atoms with van der Waals surface area (Å²) in [7, 11) is 0. The highest BCUT2D eigenvalue weighted by atomic mass is 14.9. The molecule has 1 N–H and O–H groups in total. The molecule has 1 saturated carbocycles. The lowest BCUT2D eigenvalue weighted by Gasteiger charge is -2.27. The van der Waals surface area contributed by atoms with Crippen molar-refractivity contribution in [3.8, 4) is 0 Å². The van der Waals surface area contributed by atoms with Crippen LogP contribution in [0.5, 0.6) is 0 Å². The van der Waals surface area contributed by atoms with Crippen molar-refractivity contribution in [1.29, 1.82) is 0 Å². The van der Waals surface area contributed by atoms with Crippen molar-refractivity contribution >= 4 is 0 Å². The molecule has 0 unspecified atom stereocenters. The highest BCUT2D eigenvalue weighted by molar-refractivity contribution is 4.96. The Balaban J connectivity index is 2.12. The van der Waals surface area contributed by atoms with E-state index in [1.54, 1.807) is 0 Å². The van der Waals surface area contributed by atoms with E-state index < -0.39 is 0 Å². The van der Waals surface area contributed by atoms with E-state index in [9.17, 15) is 0 Å². The second-order valence-electron chi connectivity index (χ2n) is 4.44. The maximum absolute atomic E-state index is 4.01. The summed E-state index contributed by atoms with van der Waals surface area (Å²) in [5, 5.41) is 3.59. The van der Waals surface area contributed by atoms with Gasteiger partial charge in [0.2, 0.25) is 0 Å². The van der Waals surface area contributed by atoms with Crippen LogP contribution in [0.2, 0.25) is 0 Å². The van der Waals surface area contributed by atoms with Gasteiger partial charge in [-0.1, -0.05) is 26.0 Å². The predicted octanol–water partition coefficient (Wildman–Crippen LogP) is 3.12. The van der Waals surface area contributed by atoms with Gasteiger partial charge >= 0.3 is 0 Å². The molecule has 1 heteroatoms. The lowest BCUT2D eigenvalue weighted by atomic mass is 9.87. The molecule has 0 amide bonds. The van der Waals surface area contributed by atoms with E-state index >= 15 is 0 Å². The van der Waals surface area contributed by atoms with Crippen LogP contribution in [0, 0.1) is 5.92 Å². The Morgan fingerprint density at radius 3 is 2.46 bits per heavy atom. The maximum Gasteiger partial charge on any atom is 0.0164 e. The molecule has 0 radical (unpaired) electrons. The highest BCUT2D eigenvalue weighted by Crippen LogP contribution is 2.23. The summed E-state index contributed by atoms with van der Waals surface area (Å²) >= 11 is 0. The predicted molar refractivity (Wildman–Crippen MR) is 58.9 cm³/mol. The third kappa shape index (κ3) is 3.95. The van der Waals surface area contributed by atoms with Crippen LogP contribution in [-0.2, 0) is 0 Å². The number of rotatable bonds is 4. The van der Waals surface area contributed by atoms with Gasteiger partial charge in [-0.3, -0.25) is 0 Å². The topological polar surface area (TPSA) is 12.0 Å². The number of nitrogens with one attached hydrogen (secondary N) is 1. The molecule has 0 aromatic rings. The maximum atomic E-state index is 4.01. The lowest BCUT2D eigenvalue weighted by molar-refractivity contribution is 0.312. The molecule has 0 aliphatic heterocycles. The number of hydrogen-bond donors (Lipinski definition) is 1. The zero-order valence-corrected chi connectivity index (χ0v) is 9.10. The van der Waals surface area contributed by atoms with Crippen LogP contribution in [0.4, 0.5) is 0 Å². The largest absolute Gasteiger partial charge is 0.310 e. The van der Waals surface area contributed by atoms with Crippen molar-refractivity contribution in [2.24, 2.45) is 5.92 Å². The monoisotopic (exact) mass is 181 g/mol. The molecule has 0 heterocycles. The van der Waals surface area contributed by atoms with Gasteiger partial charge < -0.3 is 5.32 Å². The van der Waals surface area contributed by atoms with Gasteiger partial charge in [-0.05, 0) is 38.0 Å². The Kier molecular flexibility index (Phi) is 4.51. The number of hydrogen-bond acceptors (Lipinski definition) is 1. The first-order chi connectivity index (χ1) is 6.22. The molecule has 0 saturated heterocycles. The normalized spacial score (nSPS) is 28.8. The molecule has 0 aromatic heterocycles. The fourth-order valence-electron chi connectivity index (χ4n) is 1.88. The molecule has 0 aromatic carbocycles. The van der Waals surface area contributed by atoms with Gasteiger partial charge in [-0.15, -0.1) is 0 Å². The lowest BCUT2D eigenvalue weighted by Crippen LogP contribution is -2.33. The molecule has 13 heavy (non-hydrogen) atoms. The third-order valence-corrected chi connectivity index (χ3v) is 3.16. The van der Waals surface area contributed by atoms with Gasteiger partial charge in [0.05, 0.1) is 0 Å². The molecule has 0 spiro atoms. The first kappa shape index (κ1) is 10.8. The van der Waals surface area contributed by atoms with Crippen LogP contribution < -0.4 is 5.32 Å². The summed E-state index contributed by atoms with van der Waals surface area (Å²) in [6.45, 7) is 9.57. The van der Waals surface area contributed by atoms with E-state index in [2.05, 4.69) is 25.7 Å². The van der Waals surface area contributed by atoms with E-state index in [4.69, 9.17) is 0 Å². The Morgan fingerprint density at radius 1 is 1.31 bits per heavy atom. The van der Waals surface area contributed by atoms with Gasteiger partial charge in [0.1, 0.15) is 0 Å². The summed E-state index contributed by atoms with van der Waals surface area (Å²) in [6, 6.07) is 0.763. The van der Waals surface area contributed by atoms with Crippen LogP contribution in [0.3, 0.4) is 0 Å². The molecule has 1 nitrogen and oxygen atoms in total. The summed E-state index contributed by atoms with van der Waals surface area (Å²) in [5.74, 6) is 0.951. The third-order valence-electron chi connectivity index (χ3n) is 3.16. The van der Waals surface area contributed by atoms with E-state index in [1.807, 2.05) is 0 Å². The Bertz CT molecular complexity index is 155. The molecule has 76 valence electrons. The Labute approximate surface area is 82.6 Å². The summed E-state index contributed by atoms with van der Waals surface area (Å²) in [5.41, 5.74) is 1.33. The van der Waals surface area contributed by atoms with Crippen molar-refractivity contribution in [2.75, 3.05) is 6.54 Å². The average Bonchev–Trinajstić information content (AvgIpc) is 2.16. The zero-order chi connectivity index (χ0) is 9.68. The van der Waals surface area contributed by atoms with Gasteiger partial charge in [0.15, 0.2) is 0 Å². The quantitative estimate of drug-likeness (QED) is 0.657. The van der Waals surface area contributed by atoms with Gasteiger partial charge in [0, 0.05) is 12.6 Å². The minimum atomic E-state index is 0.763. The zero-order valence-electron chi connectivity index (χ0n) is 9.10. The minimum absolute atomic E-state index is 0.763. The molecule has 0 atom stereocenters. The van der Waals surface area contributed by atoms with Crippen LogP contribution in [0.25, 0.3) is 0 Å². The summed E-state index contributed by atoms with van der Waals surface area (Å²) < 4.78 is 0. The van der Waals surface area contributed by atoms with Crippen LogP contribution >= 0.6 is 0 Å². The van der Waals surface area contributed by atoms with Crippen molar-refractivity contribution in [3.05, 3.63) is 12.2 Å². The summed E-state index contributed by atoms with van der Waals surface area (Å²) in [6.07, 6.45) is 6.62. The first-order valence-corrected chi connectivity index (χ1v) is 5.62. The Hall–Kier alpha value is -0.300. The van der Waals surface area contributed by atoms with E-state index in [1.165, 1.54) is 31.3 Å². The smallest absolute Gasteiger partial charge is 0.0164 e. The van der Waals surface area contributed by atoms with Crippen LogP contribution in [-0.4, -0.2) is 12.6 Å². The fraction of sp³-hybridized carbons (Fsp3) is 0.833. The average molecular weight is 181 g/mol. The Morgan fingerprint density at radius 2 is 1.92 bits per heavy atom. The van der Waals surface area contributed by atoms with E-state index in [0.717, 1.165) is 24.9 Å². The van der Waals surface area contributed by atoms with Crippen molar-refractivity contribution in [2.45, 2.75) is 52.0 Å². The van der Waals surface area contributed by atoms with Gasteiger partial charge in [-0.25, -0.2) is 0 Å². The molecule has 1 aliphatic carbocycles. The second kappa shape index (κ2) is 5.43. The highest BCUT2D eigenvalue weighted by Gasteiger charge is 2.17. The molecule has 1 aliphatic rings. The molecule has 0 bridgehead atoms. The SMILES string of the molecule is C=C(CC)CNC1CCC(C)CC1. The second-order valence-corrected chi connectivity index (χ2v) is 4.44. The molecular formula is C12H23N. The molecule has 1 rings (SSSR count). The van der Waals surface area contributed by atoms with E-state index in [-0.39, 0.29) is 0 Å². The van der Waals surface area contributed by atoms with Crippen molar-refractivity contribution < 1.29 is 0 Å². The standard InChI is InChI=1S/C12H23N/c1-4-10(2)9-13-12-7-5-11(3)6-8-12/h11-13H,2,4-9H2,1,3H3.